The molecule has 2 heterocycles. The first-order chi connectivity index (χ1) is 19.9. The number of piperazine rings is 1. The molecule has 1 aromatic carbocycles. The summed E-state index contributed by atoms with van der Waals surface area (Å²) in [6.45, 7) is 20.5. The molecule has 2 unspecified atom stereocenters. The number of nitrogens with one attached hydrogen (secondary N) is 3. The van der Waals surface area contributed by atoms with Crippen molar-refractivity contribution in [3.05, 3.63) is 96.1 Å². The molecule has 41 heavy (non-hydrogen) atoms. The molecule has 3 rings (SSSR count). The predicted molar refractivity (Wildman–Crippen MR) is 176 cm³/mol. The van der Waals surface area contributed by atoms with Crippen LogP contribution in [-0.4, -0.2) is 67.8 Å². The van der Waals surface area contributed by atoms with Crippen LogP contribution in [0.2, 0.25) is 0 Å². The fraction of sp³-hybridized carbons (Fsp3) is 0.469. The highest BCUT2D eigenvalue weighted by Gasteiger charge is 2.25. The third-order valence-electron chi connectivity index (χ3n) is 7.29. The third kappa shape index (κ3) is 10.6. The van der Waals surface area contributed by atoms with Gasteiger partial charge in [-0.3, -0.25) is 0 Å². The first-order valence-electron chi connectivity index (χ1n) is 14.8. The van der Waals surface area contributed by atoms with Crippen molar-refractivity contribution >= 4 is 16.5 Å². The van der Waals surface area contributed by atoms with Crippen LogP contribution in [0.15, 0.2) is 90.5 Å². The van der Waals surface area contributed by atoms with E-state index >= 15 is 0 Å². The lowest BCUT2D eigenvalue weighted by Gasteiger charge is -2.40. The Morgan fingerprint density at radius 1 is 1.02 bits per heavy atom. The number of unbranched alkanes of at least 4 members (excludes halogenated alkanes) is 1. The summed E-state index contributed by atoms with van der Waals surface area (Å²) in [4.78, 5) is 9.42. The number of hydrogen-bond acceptors (Lipinski definition) is 9. The number of rotatable bonds is 19. The molecular weight excluding hydrogens is 528 g/mol. The van der Waals surface area contributed by atoms with E-state index < -0.39 is 0 Å². The molecule has 224 valence electrons. The quantitative estimate of drug-likeness (QED) is 0.160. The lowest BCUT2D eigenvalue weighted by molar-refractivity contribution is 0.287. The topological polar surface area (TPSA) is 107 Å². The van der Waals surface area contributed by atoms with Gasteiger partial charge in [-0.15, -0.1) is 11.3 Å². The number of nitrogens with zero attached hydrogens (tertiary/aromatic N) is 3. The zero-order valence-electron chi connectivity index (χ0n) is 24.8. The molecule has 0 radical (unpaired) electrons. The van der Waals surface area contributed by atoms with Gasteiger partial charge in [-0.25, -0.2) is 4.98 Å². The molecule has 0 amide bonds. The predicted octanol–water partition coefficient (Wildman–Crippen LogP) is 3.94. The average Bonchev–Trinajstić information content (AvgIpc) is 3.54. The smallest absolute Gasteiger partial charge is 0.185 e. The Kier molecular flexibility index (Phi) is 13.8. The third-order valence-corrected chi connectivity index (χ3v) is 8.12. The summed E-state index contributed by atoms with van der Waals surface area (Å²) in [5.41, 5.74) is 16.9. The van der Waals surface area contributed by atoms with Crippen molar-refractivity contribution in [3.8, 4) is 0 Å². The lowest BCUT2D eigenvalue weighted by Crippen LogP contribution is -2.49. The SMILES string of the molecule is C=C(CN)NC(Cc1ccccc1)C(=C)NCC(=C)NC(CCCCN)C(=CCC)N1CCN(c2nccs2)CC1. The number of allylic oxidation sites excluding steroid dienone is 1. The number of nitrogens with two attached hydrogens (primary N) is 2. The van der Waals surface area contributed by atoms with Crippen LogP contribution in [0.4, 0.5) is 5.13 Å². The minimum absolute atomic E-state index is 0.0359. The van der Waals surface area contributed by atoms with Crippen LogP contribution in [0.1, 0.15) is 38.2 Å². The lowest BCUT2D eigenvalue weighted by atomic mass is 10.0. The first kappa shape index (κ1) is 32.2. The normalized spacial score (nSPS) is 15.2. The summed E-state index contributed by atoms with van der Waals surface area (Å²) >= 11 is 1.71. The van der Waals surface area contributed by atoms with Crippen molar-refractivity contribution in [2.75, 3.05) is 50.7 Å². The van der Waals surface area contributed by atoms with Gasteiger partial charge >= 0.3 is 0 Å². The maximum absolute atomic E-state index is 5.85. The molecule has 7 N–H and O–H groups in total. The van der Waals surface area contributed by atoms with E-state index in [1.165, 1.54) is 11.3 Å². The highest BCUT2D eigenvalue weighted by atomic mass is 32.1. The van der Waals surface area contributed by atoms with Crippen molar-refractivity contribution in [1.29, 1.82) is 0 Å². The number of hydrogen-bond donors (Lipinski definition) is 5. The Morgan fingerprint density at radius 2 is 1.76 bits per heavy atom. The standard InChI is InChI=1S/C32H50N8S/c1-5-11-31(39-17-19-40(20-18-39)32-35-16-21-41-32)29(14-9-10-15-33)38-26(3)24-36-27(4)30(37-25(2)23-34)22-28-12-7-6-8-13-28/h6-8,11-13,16,21,29-30,36-38H,2-5,9-10,14-15,17-20,22-24,33-34H2,1H3. The van der Waals surface area contributed by atoms with E-state index in [0.717, 1.165) is 80.5 Å². The highest BCUT2D eigenvalue weighted by molar-refractivity contribution is 7.13. The Morgan fingerprint density at radius 3 is 2.39 bits per heavy atom. The van der Waals surface area contributed by atoms with Crippen molar-refractivity contribution in [2.45, 2.75) is 51.1 Å². The summed E-state index contributed by atoms with van der Waals surface area (Å²) in [5.74, 6) is 0. The molecule has 9 heteroatoms. The van der Waals surface area contributed by atoms with Gasteiger partial charge in [0.25, 0.3) is 0 Å². The van der Waals surface area contributed by atoms with Crippen LogP contribution in [0.25, 0.3) is 0 Å². The molecule has 8 nitrogen and oxygen atoms in total. The van der Waals surface area contributed by atoms with Crippen molar-refractivity contribution in [2.24, 2.45) is 11.5 Å². The number of benzene rings is 1. The van der Waals surface area contributed by atoms with Crippen LogP contribution in [0.3, 0.4) is 0 Å². The molecule has 0 spiro atoms. The molecule has 2 aromatic rings. The molecule has 1 aromatic heterocycles. The van der Waals surface area contributed by atoms with Gasteiger partial charge in [0.1, 0.15) is 0 Å². The van der Waals surface area contributed by atoms with Crippen LogP contribution < -0.4 is 32.3 Å². The monoisotopic (exact) mass is 578 g/mol. The van der Waals surface area contributed by atoms with Gasteiger partial charge in [0.2, 0.25) is 0 Å². The Balaban J connectivity index is 1.62. The van der Waals surface area contributed by atoms with Gasteiger partial charge in [-0.1, -0.05) is 63.1 Å². The van der Waals surface area contributed by atoms with Crippen molar-refractivity contribution in [1.82, 2.24) is 25.8 Å². The second kappa shape index (κ2) is 17.5. The maximum atomic E-state index is 5.85. The van der Waals surface area contributed by atoms with Crippen LogP contribution in [0, 0.1) is 0 Å². The van der Waals surface area contributed by atoms with Crippen LogP contribution in [0.5, 0.6) is 0 Å². The summed E-state index contributed by atoms with van der Waals surface area (Å²) in [6.07, 6.45) is 9.09. The average molecular weight is 579 g/mol. The molecular formula is C32H50N8S. The van der Waals surface area contributed by atoms with E-state index in [1.54, 1.807) is 11.3 Å². The molecule has 1 aliphatic heterocycles. The Labute approximate surface area is 251 Å². The highest BCUT2D eigenvalue weighted by Crippen LogP contribution is 2.23. The van der Waals surface area contributed by atoms with Crippen LogP contribution in [-0.2, 0) is 6.42 Å². The fourth-order valence-electron chi connectivity index (χ4n) is 5.07. The second-order valence-electron chi connectivity index (χ2n) is 10.5. The number of thiazole rings is 1. The summed E-state index contributed by atoms with van der Waals surface area (Å²) in [5, 5.41) is 13.9. The van der Waals surface area contributed by atoms with Crippen LogP contribution >= 0.6 is 11.3 Å². The molecule has 1 fully saturated rings. The minimum atomic E-state index is -0.0359. The van der Waals surface area contributed by atoms with Gasteiger partial charge in [0, 0.05) is 67.1 Å². The number of anilines is 1. The van der Waals surface area contributed by atoms with E-state index in [1.807, 2.05) is 17.6 Å². The van der Waals surface area contributed by atoms with E-state index in [9.17, 15) is 0 Å². The van der Waals surface area contributed by atoms with E-state index in [0.29, 0.717) is 19.6 Å². The summed E-state index contributed by atoms with van der Waals surface area (Å²) in [6, 6.07) is 10.5. The molecule has 0 bridgehead atoms. The first-order valence-corrected chi connectivity index (χ1v) is 15.7. The molecule has 1 saturated heterocycles. The second-order valence-corrected chi connectivity index (χ2v) is 11.4. The summed E-state index contributed by atoms with van der Waals surface area (Å²) in [7, 11) is 0. The zero-order valence-corrected chi connectivity index (χ0v) is 25.6. The largest absolute Gasteiger partial charge is 0.382 e. The van der Waals surface area contributed by atoms with Gasteiger partial charge in [-0.2, -0.15) is 0 Å². The zero-order chi connectivity index (χ0) is 29.5. The van der Waals surface area contributed by atoms with Crippen molar-refractivity contribution < 1.29 is 0 Å². The Hall–Kier alpha value is -3.27. The van der Waals surface area contributed by atoms with Gasteiger partial charge in [0.15, 0.2) is 5.13 Å². The van der Waals surface area contributed by atoms with E-state index in [-0.39, 0.29) is 12.1 Å². The van der Waals surface area contributed by atoms with E-state index in [4.69, 9.17) is 11.5 Å². The van der Waals surface area contributed by atoms with Gasteiger partial charge in [0.05, 0.1) is 18.6 Å². The molecule has 2 atom stereocenters. The Bertz CT molecular complexity index is 1090. The van der Waals surface area contributed by atoms with Crippen molar-refractivity contribution in [3.63, 3.8) is 0 Å². The van der Waals surface area contributed by atoms with Gasteiger partial charge in [-0.05, 0) is 44.2 Å². The molecule has 0 aliphatic carbocycles. The molecule has 0 saturated carbocycles. The summed E-state index contributed by atoms with van der Waals surface area (Å²) < 4.78 is 0. The maximum Gasteiger partial charge on any atom is 0.185 e. The number of aromatic nitrogens is 1. The minimum Gasteiger partial charge on any atom is -0.382 e. The van der Waals surface area contributed by atoms with Gasteiger partial charge < -0.3 is 37.2 Å². The fourth-order valence-corrected chi connectivity index (χ4v) is 5.77. The van der Waals surface area contributed by atoms with E-state index in [2.05, 4.69) is 87.7 Å². The molecule has 1 aliphatic rings.